The molecule has 0 atom stereocenters. The molecule has 29 heavy (non-hydrogen) atoms. The van der Waals surface area contributed by atoms with Crippen molar-refractivity contribution in [3.63, 3.8) is 0 Å². The molecule has 0 saturated heterocycles. The number of amides is 1. The molecule has 0 radical (unpaired) electrons. The molecule has 0 aliphatic heterocycles. The number of aromatic hydroxyl groups is 1. The second-order valence-corrected chi connectivity index (χ2v) is 7.71. The minimum absolute atomic E-state index is 0.0910. The van der Waals surface area contributed by atoms with Gasteiger partial charge < -0.3 is 9.84 Å². The standard InChI is InChI=1S/C24H40N2O3/c1-3-4-5-6-7-8-9-10-11-12-13-14-15-16-24(28)26-25-20-21-19-22(29-2)17-18-23(21)27/h17-20,27H,3-16H2,1-2H3,(H,26,28)/b25-20+. The first-order valence-corrected chi connectivity index (χ1v) is 11.4. The SMILES string of the molecule is CCCCCCCCCCCCCCCC(=O)N/N=C/c1cc(OC)ccc1O. The quantitative estimate of drug-likeness (QED) is 0.181. The van der Waals surface area contributed by atoms with Gasteiger partial charge in [-0.2, -0.15) is 5.10 Å². The van der Waals surface area contributed by atoms with Gasteiger partial charge in [0, 0.05) is 12.0 Å². The maximum atomic E-state index is 11.8. The number of hydrogen-bond donors (Lipinski definition) is 2. The summed E-state index contributed by atoms with van der Waals surface area (Å²) in [6.45, 7) is 2.26. The lowest BCUT2D eigenvalue weighted by molar-refractivity contribution is -0.121. The molecule has 2 N–H and O–H groups in total. The number of carbonyl (C=O) groups is 1. The number of nitrogens with zero attached hydrogens (tertiary/aromatic N) is 1. The Kier molecular flexibility index (Phi) is 14.5. The largest absolute Gasteiger partial charge is 0.507 e. The molecule has 1 rings (SSSR count). The molecule has 5 heteroatoms. The summed E-state index contributed by atoms with van der Waals surface area (Å²) in [6.07, 6.45) is 18.7. The number of ether oxygens (including phenoxy) is 1. The number of methoxy groups -OCH3 is 1. The van der Waals surface area contributed by atoms with Gasteiger partial charge in [0.15, 0.2) is 0 Å². The molecule has 5 nitrogen and oxygen atoms in total. The average molecular weight is 405 g/mol. The second kappa shape index (κ2) is 16.9. The third-order valence-electron chi connectivity index (χ3n) is 5.13. The van der Waals surface area contributed by atoms with Crippen molar-refractivity contribution >= 4 is 12.1 Å². The number of phenols is 1. The predicted molar refractivity (Wildman–Crippen MR) is 121 cm³/mol. The highest BCUT2D eigenvalue weighted by molar-refractivity contribution is 5.85. The predicted octanol–water partition coefficient (Wildman–Crippen LogP) is 6.33. The number of hydrazone groups is 1. The summed E-state index contributed by atoms with van der Waals surface area (Å²) in [5.41, 5.74) is 3.02. The summed E-state index contributed by atoms with van der Waals surface area (Å²) >= 11 is 0. The van der Waals surface area contributed by atoms with Crippen LogP contribution in [0.4, 0.5) is 0 Å². The molecule has 1 aromatic rings. The Morgan fingerprint density at radius 1 is 0.966 bits per heavy atom. The zero-order chi connectivity index (χ0) is 21.2. The molecule has 0 fully saturated rings. The van der Waals surface area contributed by atoms with E-state index < -0.39 is 0 Å². The average Bonchev–Trinajstić information content (AvgIpc) is 2.72. The minimum Gasteiger partial charge on any atom is -0.507 e. The third kappa shape index (κ3) is 12.9. The summed E-state index contributed by atoms with van der Waals surface area (Å²) < 4.78 is 5.11. The van der Waals surface area contributed by atoms with Crippen LogP contribution in [0.25, 0.3) is 0 Å². The first-order valence-electron chi connectivity index (χ1n) is 11.4. The van der Waals surface area contributed by atoms with Gasteiger partial charge in [-0.1, -0.05) is 84.0 Å². The van der Waals surface area contributed by atoms with Crippen LogP contribution in [-0.4, -0.2) is 24.3 Å². The normalized spacial score (nSPS) is 11.1. The second-order valence-electron chi connectivity index (χ2n) is 7.71. The number of unbranched alkanes of at least 4 members (excludes halogenated alkanes) is 12. The summed E-state index contributed by atoms with van der Waals surface area (Å²) in [5.74, 6) is 0.634. The van der Waals surface area contributed by atoms with Crippen LogP contribution in [0.15, 0.2) is 23.3 Å². The number of hydrogen-bond acceptors (Lipinski definition) is 4. The molecular formula is C24H40N2O3. The molecule has 0 aliphatic rings. The zero-order valence-electron chi connectivity index (χ0n) is 18.4. The van der Waals surface area contributed by atoms with E-state index in [4.69, 9.17) is 4.74 Å². The van der Waals surface area contributed by atoms with Crippen LogP contribution in [-0.2, 0) is 4.79 Å². The van der Waals surface area contributed by atoms with Gasteiger partial charge in [-0.3, -0.25) is 4.79 Å². The lowest BCUT2D eigenvalue weighted by atomic mass is 10.0. The molecular weight excluding hydrogens is 364 g/mol. The highest BCUT2D eigenvalue weighted by atomic mass is 16.5. The van der Waals surface area contributed by atoms with Crippen molar-refractivity contribution in [2.45, 2.75) is 96.8 Å². The Hall–Kier alpha value is -2.04. The minimum atomic E-state index is -0.0910. The van der Waals surface area contributed by atoms with Crippen LogP contribution < -0.4 is 10.2 Å². The molecule has 0 unspecified atom stereocenters. The van der Waals surface area contributed by atoms with E-state index in [1.807, 2.05) is 0 Å². The Morgan fingerprint density at radius 3 is 2.07 bits per heavy atom. The lowest BCUT2D eigenvalue weighted by Crippen LogP contribution is -2.16. The van der Waals surface area contributed by atoms with Crippen molar-refractivity contribution in [2.24, 2.45) is 5.10 Å². The summed E-state index contributed by atoms with van der Waals surface area (Å²) in [5, 5.41) is 13.7. The molecule has 0 aliphatic carbocycles. The summed E-state index contributed by atoms with van der Waals surface area (Å²) in [7, 11) is 1.56. The Balaban J connectivity index is 1.98. The van der Waals surface area contributed by atoms with Gasteiger partial charge >= 0.3 is 0 Å². The zero-order valence-corrected chi connectivity index (χ0v) is 18.4. The van der Waals surface area contributed by atoms with Gasteiger partial charge in [0.25, 0.3) is 0 Å². The van der Waals surface area contributed by atoms with E-state index in [-0.39, 0.29) is 11.7 Å². The maximum Gasteiger partial charge on any atom is 0.240 e. The maximum absolute atomic E-state index is 11.8. The van der Waals surface area contributed by atoms with Crippen LogP contribution in [0.3, 0.4) is 0 Å². The van der Waals surface area contributed by atoms with Crippen molar-refractivity contribution in [3.05, 3.63) is 23.8 Å². The first-order chi connectivity index (χ1) is 14.2. The molecule has 0 heterocycles. The molecule has 1 aromatic carbocycles. The Morgan fingerprint density at radius 2 is 1.52 bits per heavy atom. The van der Waals surface area contributed by atoms with Crippen LogP contribution in [0, 0.1) is 0 Å². The monoisotopic (exact) mass is 404 g/mol. The van der Waals surface area contributed by atoms with Crippen molar-refractivity contribution in [3.8, 4) is 11.5 Å². The van der Waals surface area contributed by atoms with E-state index in [1.165, 1.54) is 82.9 Å². The van der Waals surface area contributed by atoms with Crippen LogP contribution in [0.5, 0.6) is 11.5 Å². The number of phenolic OH excluding ortho intramolecular Hbond substituents is 1. The van der Waals surface area contributed by atoms with E-state index in [1.54, 1.807) is 19.2 Å². The van der Waals surface area contributed by atoms with Gasteiger partial charge in [0.1, 0.15) is 11.5 Å². The Labute approximate surface area is 176 Å². The van der Waals surface area contributed by atoms with Gasteiger partial charge in [-0.25, -0.2) is 5.43 Å². The number of carbonyl (C=O) groups excluding carboxylic acids is 1. The fraction of sp³-hybridized carbons (Fsp3) is 0.667. The highest BCUT2D eigenvalue weighted by Gasteiger charge is 2.02. The van der Waals surface area contributed by atoms with Gasteiger partial charge in [-0.05, 0) is 24.6 Å². The first kappa shape index (κ1) is 25.0. The van der Waals surface area contributed by atoms with E-state index in [0.29, 0.717) is 17.7 Å². The van der Waals surface area contributed by atoms with Gasteiger partial charge in [0.05, 0.1) is 13.3 Å². The lowest BCUT2D eigenvalue weighted by Gasteiger charge is -2.04. The van der Waals surface area contributed by atoms with E-state index in [0.717, 1.165) is 12.8 Å². The van der Waals surface area contributed by atoms with Gasteiger partial charge in [-0.15, -0.1) is 0 Å². The summed E-state index contributed by atoms with van der Waals surface area (Å²) in [6, 6.07) is 4.87. The van der Waals surface area contributed by atoms with Crippen molar-refractivity contribution in [1.29, 1.82) is 0 Å². The molecule has 1 amide bonds. The van der Waals surface area contributed by atoms with Crippen molar-refractivity contribution in [2.75, 3.05) is 7.11 Å². The summed E-state index contributed by atoms with van der Waals surface area (Å²) in [4.78, 5) is 11.8. The highest BCUT2D eigenvalue weighted by Crippen LogP contribution is 2.21. The van der Waals surface area contributed by atoms with Crippen LogP contribution in [0.1, 0.15) is 102 Å². The molecule has 0 saturated carbocycles. The van der Waals surface area contributed by atoms with Gasteiger partial charge in [0.2, 0.25) is 5.91 Å². The number of benzene rings is 1. The van der Waals surface area contributed by atoms with E-state index in [9.17, 15) is 9.90 Å². The molecule has 164 valence electrons. The topological polar surface area (TPSA) is 70.9 Å². The fourth-order valence-electron chi connectivity index (χ4n) is 3.30. The third-order valence-corrected chi connectivity index (χ3v) is 5.13. The van der Waals surface area contributed by atoms with E-state index in [2.05, 4.69) is 17.5 Å². The molecule has 0 aromatic heterocycles. The van der Waals surface area contributed by atoms with E-state index >= 15 is 0 Å². The molecule has 0 bridgehead atoms. The van der Waals surface area contributed by atoms with Crippen LogP contribution >= 0.6 is 0 Å². The Bertz CT molecular complexity index is 587. The fourth-order valence-corrected chi connectivity index (χ4v) is 3.30. The number of nitrogens with one attached hydrogen (secondary N) is 1. The van der Waals surface area contributed by atoms with Crippen molar-refractivity contribution in [1.82, 2.24) is 5.43 Å². The smallest absolute Gasteiger partial charge is 0.240 e. The number of rotatable bonds is 17. The van der Waals surface area contributed by atoms with Crippen molar-refractivity contribution < 1.29 is 14.6 Å². The molecule has 0 spiro atoms. The van der Waals surface area contributed by atoms with Crippen LogP contribution in [0.2, 0.25) is 0 Å².